The van der Waals surface area contributed by atoms with E-state index >= 15 is 0 Å². The molecule has 1 N–H and O–H groups in total. The van der Waals surface area contributed by atoms with Crippen molar-refractivity contribution in [3.8, 4) is 0 Å². The summed E-state index contributed by atoms with van der Waals surface area (Å²) in [4.78, 5) is 12.6. The summed E-state index contributed by atoms with van der Waals surface area (Å²) in [5, 5.41) is 3.17. The second-order valence-corrected chi connectivity index (χ2v) is 9.96. The topological polar surface area (TPSA) is 66.5 Å². The van der Waals surface area contributed by atoms with E-state index in [-0.39, 0.29) is 18.5 Å². The average Bonchev–Trinajstić information content (AvgIpc) is 3.29. The number of carbonyl (C=O) groups is 1. The Balaban J connectivity index is 1.48. The van der Waals surface area contributed by atoms with E-state index in [1.807, 2.05) is 30.3 Å². The van der Waals surface area contributed by atoms with Gasteiger partial charge in [0.2, 0.25) is 10.0 Å². The van der Waals surface area contributed by atoms with Gasteiger partial charge < -0.3 is 5.32 Å². The lowest BCUT2D eigenvalue weighted by molar-refractivity contribution is 0.0923. The molecule has 2 aliphatic rings. The van der Waals surface area contributed by atoms with Crippen molar-refractivity contribution in [3.63, 3.8) is 0 Å². The molecule has 3 atom stereocenters. The first kappa shape index (κ1) is 19.0. The Kier molecular flexibility index (Phi) is 5.15. The van der Waals surface area contributed by atoms with E-state index in [1.165, 1.54) is 29.8 Å². The lowest BCUT2D eigenvalue weighted by Gasteiger charge is -2.24. The molecule has 0 spiro atoms. The lowest BCUT2D eigenvalue weighted by Crippen LogP contribution is -2.38. The van der Waals surface area contributed by atoms with Gasteiger partial charge in [-0.2, -0.15) is 0 Å². The minimum Gasteiger partial charge on any atom is -0.349 e. The number of fused-ring (bicyclic) bond motifs is 2. The van der Waals surface area contributed by atoms with Gasteiger partial charge in [0, 0.05) is 11.6 Å². The van der Waals surface area contributed by atoms with E-state index in [9.17, 15) is 13.2 Å². The van der Waals surface area contributed by atoms with Crippen LogP contribution in [-0.2, 0) is 16.6 Å². The third-order valence-electron chi connectivity index (χ3n) is 6.04. The van der Waals surface area contributed by atoms with E-state index in [1.54, 1.807) is 24.3 Å². The number of sulfonamides is 1. The van der Waals surface area contributed by atoms with Crippen molar-refractivity contribution in [3.05, 3.63) is 65.7 Å². The number of nitrogens with zero attached hydrogens (tertiary/aromatic N) is 1. The largest absolute Gasteiger partial charge is 0.349 e. The van der Waals surface area contributed by atoms with Crippen LogP contribution in [0.25, 0.3) is 0 Å². The van der Waals surface area contributed by atoms with Crippen molar-refractivity contribution in [2.24, 2.45) is 11.8 Å². The van der Waals surface area contributed by atoms with Gasteiger partial charge in [-0.25, -0.2) is 8.42 Å². The minimum absolute atomic E-state index is 0.0712. The van der Waals surface area contributed by atoms with Gasteiger partial charge in [0.25, 0.3) is 5.91 Å². The molecule has 4 rings (SSSR count). The van der Waals surface area contributed by atoms with Crippen LogP contribution in [0, 0.1) is 11.8 Å². The highest BCUT2D eigenvalue weighted by atomic mass is 32.2. The van der Waals surface area contributed by atoms with Crippen LogP contribution in [-0.4, -0.2) is 26.6 Å². The Morgan fingerprint density at radius 3 is 2.32 bits per heavy atom. The maximum Gasteiger partial charge on any atom is 0.251 e. The SMILES string of the molecule is CS(=O)(=O)N(Cc1ccccc1)c1ccc(C(=O)N[C@H]2C[C@H]3CC[C@H]2C3)cc1. The monoisotopic (exact) mass is 398 g/mol. The molecule has 0 aliphatic heterocycles. The molecule has 28 heavy (non-hydrogen) atoms. The summed E-state index contributed by atoms with van der Waals surface area (Å²) < 4.78 is 26.0. The molecular weight excluding hydrogens is 372 g/mol. The smallest absolute Gasteiger partial charge is 0.251 e. The zero-order valence-electron chi connectivity index (χ0n) is 16.0. The molecule has 0 radical (unpaired) electrons. The van der Waals surface area contributed by atoms with Crippen molar-refractivity contribution < 1.29 is 13.2 Å². The van der Waals surface area contributed by atoms with Gasteiger partial charge in [0.05, 0.1) is 18.5 Å². The first-order valence-electron chi connectivity index (χ1n) is 9.83. The Morgan fingerprint density at radius 2 is 1.75 bits per heavy atom. The summed E-state index contributed by atoms with van der Waals surface area (Å²) in [6.07, 6.45) is 6.05. The molecule has 0 aromatic heterocycles. The quantitative estimate of drug-likeness (QED) is 0.809. The molecular formula is C22H26N2O3S. The molecule has 2 fully saturated rings. The fourth-order valence-corrected chi connectivity index (χ4v) is 5.49. The molecule has 0 heterocycles. The standard InChI is InChI=1S/C22H26N2O3S/c1-28(26,27)24(15-16-5-3-2-4-6-16)20-11-9-18(10-12-20)22(25)23-21-14-17-7-8-19(21)13-17/h2-6,9-12,17,19,21H,7-8,13-15H2,1H3,(H,23,25)/t17-,19-,21-/m0/s1. The second kappa shape index (κ2) is 7.59. The van der Waals surface area contributed by atoms with Crippen molar-refractivity contribution in [2.75, 3.05) is 10.6 Å². The van der Waals surface area contributed by atoms with Gasteiger partial charge in [-0.3, -0.25) is 9.10 Å². The normalized spacial score (nSPS) is 23.5. The molecule has 5 nitrogen and oxygen atoms in total. The molecule has 2 aromatic carbocycles. The molecule has 0 unspecified atom stereocenters. The highest BCUT2D eigenvalue weighted by Crippen LogP contribution is 2.44. The number of carbonyl (C=O) groups excluding carboxylic acids is 1. The lowest BCUT2D eigenvalue weighted by atomic mass is 9.95. The second-order valence-electron chi connectivity index (χ2n) is 8.06. The summed E-state index contributed by atoms with van der Waals surface area (Å²) in [5.74, 6) is 1.33. The van der Waals surface area contributed by atoms with Crippen molar-refractivity contribution in [1.29, 1.82) is 0 Å². The molecule has 2 saturated carbocycles. The van der Waals surface area contributed by atoms with E-state index in [0.29, 0.717) is 17.2 Å². The summed E-state index contributed by atoms with van der Waals surface area (Å²) in [5.41, 5.74) is 2.04. The van der Waals surface area contributed by atoms with E-state index in [4.69, 9.17) is 0 Å². The Labute approximate surface area is 166 Å². The van der Waals surface area contributed by atoms with Crippen molar-refractivity contribution in [1.82, 2.24) is 5.32 Å². The van der Waals surface area contributed by atoms with Gasteiger partial charge in [0.1, 0.15) is 0 Å². The molecule has 148 valence electrons. The summed E-state index contributed by atoms with van der Waals surface area (Å²) in [6, 6.07) is 16.6. The first-order valence-corrected chi connectivity index (χ1v) is 11.7. The van der Waals surface area contributed by atoms with Crippen molar-refractivity contribution in [2.45, 2.75) is 38.3 Å². The van der Waals surface area contributed by atoms with Crippen LogP contribution in [0.15, 0.2) is 54.6 Å². The molecule has 2 aliphatic carbocycles. The van der Waals surface area contributed by atoms with E-state index in [2.05, 4.69) is 5.32 Å². The van der Waals surface area contributed by atoms with Crippen molar-refractivity contribution >= 4 is 21.6 Å². The summed E-state index contributed by atoms with van der Waals surface area (Å²) >= 11 is 0. The molecule has 1 amide bonds. The number of nitrogens with one attached hydrogen (secondary N) is 1. The summed E-state index contributed by atoms with van der Waals surface area (Å²) in [6.45, 7) is 0.260. The maximum atomic E-state index is 12.6. The number of hydrogen-bond acceptors (Lipinski definition) is 3. The van der Waals surface area contributed by atoms with Crippen LogP contribution in [0.1, 0.15) is 41.6 Å². The van der Waals surface area contributed by atoms with Gasteiger partial charge in [-0.15, -0.1) is 0 Å². The third kappa shape index (κ3) is 4.07. The zero-order valence-corrected chi connectivity index (χ0v) is 16.9. The fraction of sp³-hybridized carbons (Fsp3) is 0.409. The van der Waals surface area contributed by atoms with Gasteiger partial charge >= 0.3 is 0 Å². The number of hydrogen-bond donors (Lipinski definition) is 1. The predicted molar refractivity (Wildman–Crippen MR) is 111 cm³/mol. The van der Waals surface area contributed by atoms with E-state index < -0.39 is 10.0 Å². The summed E-state index contributed by atoms with van der Waals surface area (Å²) in [7, 11) is -3.44. The number of amides is 1. The number of anilines is 1. The number of rotatable bonds is 6. The van der Waals surface area contributed by atoms with E-state index in [0.717, 1.165) is 17.9 Å². The molecule has 2 bridgehead atoms. The molecule has 2 aromatic rings. The fourth-order valence-electron chi connectivity index (χ4n) is 4.60. The van der Waals surface area contributed by atoms with Crippen LogP contribution < -0.4 is 9.62 Å². The molecule has 6 heteroatoms. The van der Waals surface area contributed by atoms with Crippen LogP contribution in [0.4, 0.5) is 5.69 Å². The Bertz CT molecular complexity index is 942. The number of benzene rings is 2. The van der Waals surface area contributed by atoms with Crippen LogP contribution in [0.5, 0.6) is 0 Å². The predicted octanol–water partition coefficient (Wildman–Crippen LogP) is 3.57. The van der Waals surface area contributed by atoms with Gasteiger partial charge in [-0.1, -0.05) is 36.8 Å². The maximum absolute atomic E-state index is 12.6. The average molecular weight is 399 g/mol. The zero-order chi connectivity index (χ0) is 19.7. The Morgan fingerprint density at radius 1 is 1.04 bits per heavy atom. The minimum atomic E-state index is -3.44. The van der Waals surface area contributed by atoms with Crippen LogP contribution >= 0.6 is 0 Å². The first-order chi connectivity index (χ1) is 13.4. The Hall–Kier alpha value is -2.34. The van der Waals surface area contributed by atoms with Gasteiger partial charge in [0.15, 0.2) is 0 Å². The van der Waals surface area contributed by atoms with Gasteiger partial charge in [-0.05, 0) is 60.9 Å². The van der Waals surface area contributed by atoms with Crippen LogP contribution in [0.3, 0.4) is 0 Å². The highest BCUT2D eigenvalue weighted by molar-refractivity contribution is 7.92. The third-order valence-corrected chi connectivity index (χ3v) is 7.18. The van der Waals surface area contributed by atoms with Crippen LogP contribution in [0.2, 0.25) is 0 Å². The molecule has 0 saturated heterocycles. The highest BCUT2D eigenvalue weighted by Gasteiger charge is 2.40.